The first-order valence-electron chi connectivity index (χ1n) is 6.65. The second-order valence-electron chi connectivity index (χ2n) is 5.31. The maximum Gasteiger partial charge on any atom is 0.305 e. The SMILES string of the molecule is Cc1cc(N(CCC(=O)O)C(C)C)nc(C(C)C)n1. The summed E-state index contributed by atoms with van der Waals surface area (Å²) in [7, 11) is 0. The van der Waals surface area contributed by atoms with Crippen LogP contribution in [0.15, 0.2) is 6.07 Å². The summed E-state index contributed by atoms with van der Waals surface area (Å²) >= 11 is 0. The third kappa shape index (κ3) is 4.50. The fourth-order valence-corrected chi connectivity index (χ4v) is 1.83. The number of carboxylic acids is 1. The van der Waals surface area contributed by atoms with Crippen molar-refractivity contribution in [3.05, 3.63) is 17.6 Å². The van der Waals surface area contributed by atoms with Gasteiger partial charge in [-0.25, -0.2) is 9.97 Å². The van der Waals surface area contributed by atoms with Crippen LogP contribution in [0.1, 0.15) is 51.6 Å². The van der Waals surface area contributed by atoms with Crippen LogP contribution in [-0.2, 0) is 4.79 Å². The molecule has 0 bridgehead atoms. The van der Waals surface area contributed by atoms with Gasteiger partial charge in [0.05, 0.1) is 6.42 Å². The van der Waals surface area contributed by atoms with Crippen molar-refractivity contribution in [3.8, 4) is 0 Å². The lowest BCUT2D eigenvalue weighted by molar-refractivity contribution is -0.136. The molecule has 0 amide bonds. The fourth-order valence-electron chi connectivity index (χ4n) is 1.83. The smallest absolute Gasteiger partial charge is 0.305 e. The molecular formula is C14H23N3O2. The molecule has 0 aliphatic heterocycles. The van der Waals surface area contributed by atoms with Crippen molar-refractivity contribution < 1.29 is 9.90 Å². The van der Waals surface area contributed by atoms with E-state index in [9.17, 15) is 4.79 Å². The molecule has 0 aliphatic rings. The molecule has 1 heterocycles. The minimum Gasteiger partial charge on any atom is -0.481 e. The van der Waals surface area contributed by atoms with Crippen LogP contribution in [0.5, 0.6) is 0 Å². The minimum absolute atomic E-state index is 0.109. The van der Waals surface area contributed by atoms with E-state index >= 15 is 0 Å². The summed E-state index contributed by atoms with van der Waals surface area (Å²) in [5.41, 5.74) is 0.912. The Kier molecular flexibility index (Phi) is 5.27. The van der Waals surface area contributed by atoms with Crippen molar-refractivity contribution in [1.29, 1.82) is 0 Å². The Balaban J connectivity index is 3.04. The Morgan fingerprint density at radius 2 is 1.95 bits per heavy atom. The molecule has 1 aromatic rings. The molecule has 5 nitrogen and oxygen atoms in total. The Morgan fingerprint density at radius 1 is 1.32 bits per heavy atom. The molecule has 0 atom stereocenters. The Hall–Kier alpha value is -1.65. The average Bonchev–Trinajstić information content (AvgIpc) is 2.27. The van der Waals surface area contributed by atoms with Crippen molar-refractivity contribution in [2.75, 3.05) is 11.4 Å². The maximum absolute atomic E-state index is 10.7. The highest BCUT2D eigenvalue weighted by Gasteiger charge is 2.16. The van der Waals surface area contributed by atoms with Gasteiger partial charge in [-0.05, 0) is 20.8 Å². The summed E-state index contributed by atoms with van der Waals surface area (Å²) < 4.78 is 0. The second-order valence-corrected chi connectivity index (χ2v) is 5.31. The first-order valence-corrected chi connectivity index (χ1v) is 6.65. The monoisotopic (exact) mass is 265 g/mol. The Morgan fingerprint density at radius 3 is 2.42 bits per heavy atom. The molecular weight excluding hydrogens is 242 g/mol. The van der Waals surface area contributed by atoms with Crippen LogP contribution >= 0.6 is 0 Å². The highest BCUT2D eigenvalue weighted by molar-refractivity contribution is 5.67. The van der Waals surface area contributed by atoms with E-state index in [0.717, 1.165) is 17.3 Å². The van der Waals surface area contributed by atoms with E-state index in [1.165, 1.54) is 0 Å². The third-order valence-electron chi connectivity index (χ3n) is 2.86. The van der Waals surface area contributed by atoms with E-state index in [1.807, 2.05) is 31.7 Å². The summed E-state index contributed by atoms with van der Waals surface area (Å²) in [4.78, 5) is 21.7. The quantitative estimate of drug-likeness (QED) is 0.856. The van der Waals surface area contributed by atoms with Crippen LogP contribution in [0.2, 0.25) is 0 Å². The summed E-state index contributed by atoms with van der Waals surface area (Å²) in [5.74, 6) is 1.08. The van der Waals surface area contributed by atoms with Gasteiger partial charge >= 0.3 is 5.97 Å². The van der Waals surface area contributed by atoms with Gasteiger partial charge in [0, 0.05) is 30.3 Å². The number of aryl methyl sites for hydroxylation is 1. The highest BCUT2D eigenvalue weighted by atomic mass is 16.4. The van der Waals surface area contributed by atoms with Gasteiger partial charge in [-0.2, -0.15) is 0 Å². The Labute approximate surface area is 114 Å². The van der Waals surface area contributed by atoms with Crippen molar-refractivity contribution >= 4 is 11.8 Å². The predicted octanol–water partition coefficient (Wildman–Crippen LogP) is 2.60. The molecule has 0 aromatic carbocycles. The molecule has 0 spiro atoms. The zero-order valence-electron chi connectivity index (χ0n) is 12.3. The van der Waals surface area contributed by atoms with Crippen molar-refractivity contribution in [2.24, 2.45) is 0 Å². The number of aromatic nitrogens is 2. The van der Waals surface area contributed by atoms with Gasteiger partial charge < -0.3 is 10.0 Å². The van der Waals surface area contributed by atoms with Gasteiger partial charge in [-0.3, -0.25) is 4.79 Å². The molecule has 1 rings (SSSR count). The average molecular weight is 265 g/mol. The summed E-state index contributed by atoms with van der Waals surface area (Å²) in [6.07, 6.45) is 0.109. The molecule has 5 heteroatoms. The lowest BCUT2D eigenvalue weighted by Gasteiger charge is -2.28. The van der Waals surface area contributed by atoms with Crippen LogP contribution in [-0.4, -0.2) is 33.6 Å². The maximum atomic E-state index is 10.7. The number of carboxylic acid groups (broad SMARTS) is 1. The van der Waals surface area contributed by atoms with E-state index in [4.69, 9.17) is 5.11 Å². The third-order valence-corrected chi connectivity index (χ3v) is 2.86. The lowest BCUT2D eigenvalue weighted by Crippen LogP contribution is -2.34. The Bertz CT molecular complexity index is 444. The predicted molar refractivity (Wildman–Crippen MR) is 75.6 cm³/mol. The molecule has 0 radical (unpaired) electrons. The number of hydrogen-bond donors (Lipinski definition) is 1. The summed E-state index contributed by atoms with van der Waals surface area (Å²) in [6, 6.07) is 2.11. The van der Waals surface area contributed by atoms with Gasteiger partial charge in [0.2, 0.25) is 0 Å². The number of hydrogen-bond acceptors (Lipinski definition) is 4. The van der Waals surface area contributed by atoms with E-state index in [-0.39, 0.29) is 18.4 Å². The molecule has 1 N–H and O–H groups in total. The zero-order chi connectivity index (χ0) is 14.6. The summed E-state index contributed by atoms with van der Waals surface area (Å²) in [5, 5.41) is 8.83. The molecule has 0 fully saturated rings. The van der Waals surface area contributed by atoms with Crippen molar-refractivity contribution in [2.45, 2.75) is 53.0 Å². The summed E-state index contributed by atoms with van der Waals surface area (Å²) in [6.45, 7) is 10.6. The largest absolute Gasteiger partial charge is 0.481 e. The van der Waals surface area contributed by atoms with Gasteiger partial charge in [0.15, 0.2) is 0 Å². The van der Waals surface area contributed by atoms with Gasteiger partial charge in [0.25, 0.3) is 0 Å². The topological polar surface area (TPSA) is 66.3 Å². The first-order chi connectivity index (χ1) is 8.81. The number of aliphatic carboxylic acids is 1. The van der Waals surface area contributed by atoms with Crippen molar-refractivity contribution in [1.82, 2.24) is 9.97 Å². The fraction of sp³-hybridized carbons (Fsp3) is 0.643. The van der Waals surface area contributed by atoms with E-state index in [1.54, 1.807) is 0 Å². The molecule has 1 aromatic heterocycles. The zero-order valence-corrected chi connectivity index (χ0v) is 12.3. The van der Waals surface area contributed by atoms with Gasteiger partial charge in [-0.15, -0.1) is 0 Å². The van der Waals surface area contributed by atoms with Crippen LogP contribution in [0.4, 0.5) is 5.82 Å². The van der Waals surface area contributed by atoms with Crippen LogP contribution in [0, 0.1) is 6.92 Å². The van der Waals surface area contributed by atoms with Crippen LogP contribution < -0.4 is 4.90 Å². The second kappa shape index (κ2) is 6.50. The molecule has 0 saturated carbocycles. The van der Waals surface area contributed by atoms with Crippen molar-refractivity contribution in [3.63, 3.8) is 0 Å². The first kappa shape index (κ1) is 15.4. The van der Waals surface area contributed by atoms with E-state index in [0.29, 0.717) is 6.54 Å². The minimum atomic E-state index is -0.791. The molecule has 19 heavy (non-hydrogen) atoms. The number of carbonyl (C=O) groups is 1. The van der Waals surface area contributed by atoms with Gasteiger partial charge in [-0.1, -0.05) is 13.8 Å². The van der Waals surface area contributed by atoms with Gasteiger partial charge in [0.1, 0.15) is 11.6 Å². The highest BCUT2D eigenvalue weighted by Crippen LogP contribution is 2.19. The molecule has 0 unspecified atom stereocenters. The molecule has 0 saturated heterocycles. The normalized spacial score (nSPS) is 11.1. The standard InChI is InChI=1S/C14H23N3O2/c1-9(2)14-15-11(5)8-12(16-14)17(10(3)4)7-6-13(18)19/h8-10H,6-7H2,1-5H3,(H,18,19). The van der Waals surface area contributed by atoms with E-state index in [2.05, 4.69) is 23.8 Å². The molecule has 0 aliphatic carbocycles. The number of rotatable bonds is 6. The van der Waals surface area contributed by atoms with E-state index < -0.39 is 5.97 Å². The van der Waals surface area contributed by atoms with Crippen LogP contribution in [0.3, 0.4) is 0 Å². The van der Waals surface area contributed by atoms with Crippen LogP contribution in [0.25, 0.3) is 0 Å². The number of anilines is 1. The lowest BCUT2D eigenvalue weighted by atomic mass is 10.2. The molecule has 106 valence electrons. The number of nitrogens with zero attached hydrogens (tertiary/aromatic N) is 3.